The number of hydrogen-bond acceptors (Lipinski definition) is 3. The van der Waals surface area contributed by atoms with Crippen LogP contribution in [-0.4, -0.2) is 39.9 Å². The number of hydrogen-bond donors (Lipinski definition) is 2. The van der Waals surface area contributed by atoms with Gasteiger partial charge in [0.2, 0.25) is 0 Å². The number of guanidine groups is 1. The molecule has 158 valence electrons. The topological polar surface area (TPSA) is 54.9 Å². The number of ether oxygens (including phenoxy) is 2. The van der Waals surface area contributed by atoms with Gasteiger partial charge in [0.05, 0.1) is 7.11 Å². The van der Waals surface area contributed by atoms with Gasteiger partial charge in [0.15, 0.2) is 5.96 Å². The van der Waals surface area contributed by atoms with Gasteiger partial charge in [-0.1, -0.05) is 42.5 Å². The van der Waals surface area contributed by atoms with Crippen molar-refractivity contribution in [3.05, 3.63) is 65.2 Å². The summed E-state index contributed by atoms with van der Waals surface area (Å²) in [6.07, 6.45) is 2.02. The van der Waals surface area contributed by atoms with E-state index in [9.17, 15) is 0 Å². The lowest BCUT2D eigenvalue weighted by Crippen LogP contribution is -2.48. The maximum atomic E-state index is 5.66. The lowest BCUT2D eigenvalue weighted by Gasteiger charge is -2.39. The average Bonchev–Trinajstić information content (AvgIpc) is 2.75. The first-order valence-corrected chi connectivity index (χ1v) is 9.89. The van der Waals surface area contributed by atoms with Crippen LogP contribution in [0, 0.1) is 6.92 Å². The van der Waals surface area contributed by atoms with Gasteiger partial charge in [-0.15, -0.1) is 24.0 Å². The largest absolute Gasteiger partial charge is 0.496 e. The summed E-state index contributed by atoms with van der Waals surface area (Å²) in [5.74, 6) is 1.68. The van der Waals surface area contributed by atoms with Crippen LogP contribution in [0.3, 0.4) is 0 Å². The van der Waals surface area contributed by atoms with Gasteiger partial charge in [-0.2, -0.15) is 0 Å². The summed E-state index contributed by atoms with van der Waals surface area (Å²) in [4.78, 5) is 4.41. The molecule has 0 radical (unpaired) electrons. The fourth-order valence-electron chi connectivity index (χ4n) is 3.97. The van der Waals surface area contributed by atoms with Crippen molar-refractivity contribution in [1.29, 1.82) is 0 Å². The quantitative estimate of drug-likeness (QED) is 0.351. The minimum Gasteiger partial charge on any atom is -0.496 e. The monoisotopic (exact) mass is 509 g/mol. The molecule has 2 N–H and O–H groups in total. The van der Waals surface area contributed by atoms with Crippen molar-refractivity contribution in [3.63, 3.8) is 0 Å². The molecule has 29 heavy (non-hydrogen) atoms. The molecular weight excluding hydrogens is 477 g/mol. The second kappa shape index (κ2) is 11.4. The molecule has 5 nitrogen and oxygen atoms in total. The maximum Gasteiger partial charge on any atom is 0.191 e. The number of aliphatic imine (C=N–C) groups is 1. The molecule has 0 spiro atoms. The van der Waals surface area contributed by atoms with Gasteiger partial charge in [0, 0.05) is 44.3 Å². The van der Waals surface area contributed by atoms with Gasteiger partial charge < -0.3 is 20.1 Å². The van der Waals surface area contributed by atoms with Crippen LogP contribution in [0.15, 0.2) is 53.5 Å². The number of halogens is 1. The summed E-state index contributed by atoms with van der Waals surface area (Å²) in [7, 11) is 3.50. The number of nitrogens with zero attached hydrogens (tertiary/aromatic N) is 1. The first-order valence-electron chi connectivity index (χ1n) is 9.89. The van der Waals surface area contributed by atoms with Crippen LogP contribution in [0.2, 0.25) is 0 Å². The number of methoxy groups -OCH3 is 1. The van der Waals surface area contributed by atoms with E-state index < -0.39 is 0 Å². The Kier molecular flexibility index (Phi) is 9.23. The van der Waals surface area contributed by atoms with Gasteiger partial charge in [-0.05, 0) is 37.0 Å². The Hall–Kier alpha value is -1.80. The van der Waals surface area contributed by atoms with Crippen molar-refractivity contribution in [2.45, 2.75) is 31.7 Å². The minimum atomic E-state index is 0. The summed E-state index contributed by atoms with van der Waals surface area (Å²) in [5, 5.41) is 6.97. The standard InChI is InChI=1S/C23H31N3O2.HI/c1-18-8-4-6-10-20(18)23(12-14-28-15-13-23)17-26-22(24-2)25-16-19-9-5-7-11-21(19)27-3;/h4-11H,12-17H2,1-3H3,(H2,24,25,26);1H. The van der Waals surface area contributed by atoms with E-state index >= 15 is 0 Å². The summed E-state index contributed by atoms with van der Waals surface area (Å²) in [6.45, 7) is 5.27. The van der Waals surface area contributed by atoms with Crippen LogP contribution >= 0.6 is 24.0 Å². The normalized spacial score (nSPS) is 15.9. The van der Waals surface area contributed by atoms with E-state index in [1.165, 1.54) is 11.1 Å². The average molecular weight is 509 g/mol. The highest BCUT2D eigenvalue weighted by atomic mass is 127. The van der Waals surface area contributed by atoms with E-state index in [-0.39, 0.29) is 29.4 Å². The van der Waals surface area contributed by atoms with Crippen LogP contribution in [0.4, 0.5) is 0 Å². The number of aryl methyl sites for hydroxylation is 1. The Balaban J connectivity index is 0.00000300. The third-order valence-electron chi connectivity index (χ3n) is 5.62. The molecule has 0 aromatic heterocycles. The van der Waals surface area contributed by atoms with Crippen LogP contribution in [0.1, 0.15) is 29.5 Å². The highest BCUT2D eigenvalue weighted by Gasteiger charge is 2.35. The zero-order valence-corrected chi connectivity index (χ0v) is 19.9. The molecule has 2 aromatic carbocycles. The van der Waals surface area contributed by atoms with Crippen molar-refractivity contribution in [3.8, 4) is 5.75 Å². The van der Waals surface area contributed by atoms with Gasteiger partial charge in [0.1, 0.15) is 5.75 Å². The van der Waals surface area contributed by atoms with Crippen LogP contribution in [0.5, 0.6) is 5.75 Å². The second-order valence-corrected chi connectivity index (χ2v) is 7.30. The number of nitrogens with one attached hydrogen (secondary N) is 2. The SMILES string of the molecule is CN=C(NCc1ccccc1OC)NCC1(c2ccccc2C)CCOCC1.I. The van der Waals surface area contributed by atoms with Crippen molar-refractivity contribution >= 4 is 29.9 Å². The van der Waals surface area contributed by atoms with Crippen LogP contribution < -0.4 is 15.4 Å². The molecule has 1 aliphatic rings. The summed E-state index contributed by atoms with van der Waals surface area (Å²) in [6, 6.07) is 16.7. The fourth-order valence-corrected chi connectivity index (χ4v) is 3.97. The zero-order valence-electron chi connectivity index (χ0n) is 17.5. The van der Waals surface area contributed by atoms with E-state index in [4.69, 9.17) is 9.47 Å². The van der Waals surface area contributed by atoms with Crippen molar-refractivity contribution in [2.75, 3.05) is 33.9 Å². The first-order chi connectivity index (χ1) is 13.7. The number of rotatable bonds is 6. The zero-order chi connectivity index (χ0) is 19.8. The highest BCUT2D eigenvalue weighted by Crippen LogP contribution is 2.36. The molecule has 0 amide bonds. The predicted octanol–water partition coefficient (Wildman–Crippen LogP) is 4.04. The lowest BCUT2D eigenvalue weighted by atomic mass is 9.72. The summed E-state index contributed by atoms with van der Waals surface area (Å²) < 4.78 is 11.1. The molecular formula is C23H32IN3O2. The van der Waals surface area contributed by atoms with E-state index in [1.54, 1.807) is 7.11 Å². The molecule has 6 heteroatoms. The molecule has 1 fully saturated rings. The van der Waals surface area contributed by atoms with Gasteiger partial charge in [-0.3, -0.25) is 4.99 Å². The number of para-hydroxylation sites is 1. The molecule has 0 unspecified atom stereocenters. The third kappa shape index (κ3) is 5.85. The molecule has 0 atom stereocenters. The van der Waals surface area contributed by atoms with Crippen LogP contribution in [-0.2, 0) is 16.7 Å². The molecule has 2 aromatic rings. The van der Waals surface area contributed by atoms with Gasteiger partial charge in [0.25, 0.3) is 0 Å². The number of benzene rings is 2. The van der Waals surface area contributed by atoms with Crippen molar-refractivity contribution in [2.24, 2.45) is 4.99 Å². The predicted molar refractivity (Wildman–Crippen MR) is 130 cm³/mol. The van der Waals surface area contributed by atoms with Crippen molar-refractivity contribution < 1.29 is 9.47 Å². The lowest BCUT2D eigenvalue weighted by molar-refractivity contribution is 0.0512. The molecule has 1 saturated heterocycles. The molecule has 0 saturated carbocycles. The molecule has 3 rings (SSSR count). The summed E-state index contributed by atoms with van der Waals surface area (Å²) >= 11 is 0. The van der Waals surface area contributed by atoms with Gasteiger partial charge >= 0.3 is 0 Å². The second-order valence-electron chi connectivity index (χ2n) is 7.30. The third-order valence-corrected chi connectivity index (χ3v) is 5.62. The summed E-state index contributed by atoms with van der Waals surface area (Å²) in [5.41, 5.74) is 3.91. The Morgan fingerprint density at radius 2 is 1.76 bits per heavy atom. The highest BCUT2D eigenvalue weighted by molar-refractivity contribution is 14.0. The maximum absolute atomic E-state index is 5.66. The van der Waals surface area contributed by atoms with E-state index in [0.29, 0.717) is 6.54 Å². The minimum absolute atomic E-state index is 0. The molecule has 0 bridgehead atoms. The molecule has 1 aliphatic heterocycles. The molecule has 1 heterocycles. The van der Waals surface area contributed by atoms with E-state index in [2.05, 4.69) is 52.9 Å². The van der Waals surface area contributed by atoms with Crippen molar-refractivity contribution in [1.82, 2.24) is 10.6 Å². The molecule has 0 aliphatic carbocycles. The Morgan fingerprint density at radius 1 is 1.07 bits per heavy atom. The smallest absolute Gasteiger partial charge is 0.191 e. The fraction of sp³-hybridized carbons (Fsp3) is 0.435. The Labute approximate surface area is 191 Å². The first kappa shape index (κ1) is 23.5. The Morgan fingerprint density at radius 3 is 2.45 bits per heavy atom. The van der Waals surface area contributed by atoms with Gasteiger partial charge in [-0.25, -0.2) is 0 Å². The van der Waals surface area contributed by atoms with E-state index in [1.807, 2.05) is 25.2 Å². The Bertz CT molecular complexity index is 804. The van der Waals surface area contributed by atoms with E-state index in [0.717, 1.165) is 49.9 Å². The van der Waals surface area contributed by atoms with Crippen LogP contribution in [0.25, 0.3) is 0 Å².